The fourth-order valence-electron chi connectivity index (χ4n) is 1.91. The Kier molecular flexibility index (Phi) is 10.4. The summed E-state index contributed by atoms with van der Waals surface area (Å²) in [5.41, 5.74) is 0. The van der Waals surface area contributed by atoms with E-state index >= 15 is 0 Å². The van der Waals surface area contributed by atoms with Crippen LogP contribution in [0, 0.1) is 0 Å². The summed E-state index contributed by atoms with van der Waals surface area (Å²) in [6, 6.07) is 0.595. The Morgan fingerprint density at radius 1 is 1.44 bits per heavy atom. The first kappa shape index (κ1) is 18.3. The third-order valence-electron chi connectivity index (χ3n) is 2.85. The number of carbonyl (C=O) groups is 1. The maximum Gasteiger partial charge on any atom is 0.304 e. The number of piperidine rings is 1. The number of aliphatic carboxylic acids is 1. The van der Waals surface area contributed by atoms with Gasteiger partial charge in [-0.3, -0.25) is 4.79 Å². The summed E-state index contributed by atoms with van der Waals surface area (Å²) in [5.74, 6) is -0.697. The number of carboxylic acid groups (broad SMARTS) is 1. The highest BCUT2D eigenvalue weighted by Gasteiger charge is 2.21. The Balaban J connectivity index is 0. The standard InChI is InChI=1S/C10H20N2O2.2ClH/c1-11(2)9-4-3-6-12(8-9)7-5-10(13)14;;/h9H,3-8H2,1-2H3,(H,13,14);2*1H. The molecule has 0 amide bonds. The van der Waals surface area contributed by atoms with Crippen LogP contribution in [0.15, 0.2) is 0 Å². The van der Waals surface area contributed by atoms with Crippen molar-refractivity contribution in [1.29, 1.82) is 0 Å². The molecule has 1 rings (SSSR count). The number of hydrogen-bond donors (Lipinski definition) is 1. The molecule has 16 heavy (non-hydrogen) atoms. The zero-order chi connectivity index (χ0) is 10.6. The maximum absolute atomic E-state index is 10.4. The maximum atomic E-state index is 10.4. The van der Waals surface area contributed by atoms with Gasteiger partial charge in [-0.25, -0.2) is 0 Å². The van der Waals surface area contributed by atoms with Crippen LogP contribution in [0.5, 0.6) is 0 Å². The van der Waals surface area contributed by atoms with Gasteiger partial charge < -0.3 is 14.9 Å². The van der Waals surface area contributed by atoms with Gasteiger partial charge in [0.1, 0.15) is 0 Å². The third-order valence-corrected chi connectivity index (χ3v) is 2.85. The summed E-state index contributed by atoms with van der Waals surface area (Å²) < 4.78 is 0. The first-order chi connectivity index (χ1) is 6.59. The topological polar surface area (TPSA) is 43.8 Å². The van der Waals surface area contributed by atoms with Crippen LogP contribution in [0.25, 0.3) is 0 Å². The highest BCUT2D eigenvalue weighted by molar-refractivity contribution is 5.85. The average molecular weight is 273 g/mol. The van der Waals surface area contributed by atoms with Crippen molar-refractivity contribution < 1.29 is 9.90 Å². The summed E-state index contributed by atoms with van der Waals surface area (Å²) in [5, 5.41) is 8.58. The predicted octanol–water partition coefficient (Wildman–Crippen LogP) is 1.33. The number of halogens is 2. The van der Waals surface area contributed by atoms with Crippen LogP contribution in [-0.4, -0.2) is 60.6 Å². The number of likely N-dealkylation sites (tertiary alicyclic amines) is 1. The smallest absolute Gasteiger partial charge is 0.304 e. The van der Waals surface area contributed by atoms with Gasteiger partial charge in [0.15, 0.2) is 0 Å². The molecule has 1 atom stereocenters. The summed E-state index contributed by atoms with van der Waals surface area (Å²) in [4.78, 5) is 14.9. The third kappa shape index (κ3) is 6.53. The van der Waals surface area contributed by atoms with Crippen molar-refractivity contribution >= 4 is 30.8 Å². The van der Waals surface area contributed by atoms with Gasteiger partial charge in [0.25, 0.3) is 0 Å². The molecule has 0 aromatic carbocycles. The van der Waals surface area contributed by atoms with E-state index in [4.69, 9.17) is 5.11 Å². The van der Waals surface area contributed by atoms with Crippen LogP contribution >= 0.6 is 24.8 Å². The Morgan fingerprint density at radius 3 is 2.56 bits per heavy atom. The largest absolute Gasteiger partial charge is 0.481 e. The SMILES string of the molecule is CN(C)C1CCCN(CCC(=O)O)C1.Cl.Cl. The molecule has 98 valence electrons. The van der Waals surface area contributed by atoms with E-state index in [-0.39, 0.29) is 31.2 Å². The van der Waals surface area contributed by atoms with E-state index in [1.165, 1.54) is 12.8 Å². The first-order valence-electron chi connectivity index (χ1n) is 5.20. The zero-order valence-corrected chi connectivity index (χ0v) is 11.5. The average Bonchev–Trinajstić information content (AvgIpc) is 2.15. The van der Waals surface area contributed by atoms with Crippen LogP contribution in [0.1, 0.15) is 19.3 Å². The van der Waals surface area contributed by atoms with Gasteiger partial charge >= 0.3 is 5.97 Å². The lowest BCUT2D eigenvalue weighted by molar-refractivity contribution is -0.137. The molecule has 0 radical (unpaired) electrons. The highest BCUT2D eigenvalue weighted by atomic mass is 35.5. The molecule has 1 heterocycles. The molecule has 1 aliphatic heterocycles. The van der Waals surface area contributed by atoms with Crippen molar-refractivity contribution in [2.75, 3.05) is 33.7 Å². The number of likely N-dealkylation sites (N-methyl/N-ethyl adjacent to an activating group) is 1. The van der Waals surface area contributed by atoms with Crippen molar-refractivity contribution in [2.24, 2.45) is 0 Å². The molecule has 0 aromatic heterocycles. The van der Waals surface area contributed by atoms with Crippen LogP contribution in [0.2, 0.25) is 0 Å². The molecule has 0 bridgehead atoms. The molecular weight excluding hydrogens is 251 g/mol. The second-order valence-corrected chi connectivity index (χ2v) is 4.20. The van der Waals surface area contributed by atoms with E-state index in [2.05, 4.69) is 23.9 Å². The minimum atomic E-state index is -0.697. The minimum absolute atomic E-state index is 0. The summed E-state index contributed by atoms with van der Waals surface area (Å²) in [6.07, 6.45) is 2.68. The van der Waals surface area contributed by atoms with Gasteiger partial charge in [-0.1, -0.05) is 0 Å². The Hall–Kier alpha value is -0.0300. The van der Waals surface area contributed by atoms with Crippen LogP contribution in [0.3, 0.4) is 0 Å². The molecule has 0 aliphatic carbocycles. The van der Waals surface area contributed by atoms with E-state index in [9.17, 15) is 4.79 Å². The van der Waals surface area contributed by atoms with E-state index in [0.29, 0.717) is 12.6 Å². The molecule has 1 aliphatic rings. The summed E-state index contributed by atoms with van der Waals surface area (Å²) in [7, 11) is 4.18. The van der Waals surface area contributed by atoms with E-state index < -0.39 is 5.97 Å². The molecule has 1 fully saturated rings. The van der Waals surface area contributed by atoms with Crippen molar-refractivity contribution in [3.05, 3.63) is 0 Å². The number of carboxylic acids is 1. The number of hydrogen-bond acceptors (Lipinski definition) is 3. The molecule has 6 heteroatoms. The Morgan fingerprint density at radius 2 is 2.06 bits per heavy atom. The van der Waals surface area contributed by atoms with E-state index in [0.717, 1.165) is 13.1 Å². The van der Waals surface area contributed by atoms with Crippen molar-refractivity contribution in [3.8, 4) is 0 Å². The monoisotopic (exact) mass is 272 g/mol. The molecule has 4 nitrogen and oxygen atoms in total. The van der Waals surface area contributed by atoms with Gasteiger partial charge in [0, 0.05) is 19.1 Å². The molecular formula is C10H22Cl2N2O2. The number of rotatable bonds is 4. The molecule has 1 N–H and O–H groups in total. The second kappa shape index (κ2) is 9.05. The zero-order valence-electron chi connectivity index (χ0n) is 9.89. The van der Waals surface area contributed by atoms with E-state index in [1.54, 1.807) is 0 Å². The van der Waals surface area contributed by atoms with E-state index in [1.807, 2.05) is 0 Å². The van der Waals surface area contributed by atoms with Gasteiger partial charge in [-0.05, 0) is 33.5 Å². The lowest BCUT2D eigenvalue weighted by atomic mass is 10.0. The first-order valence-corrected chi connectivity index (χ1v) is 5.20. The molecule has 0 spiro atoms. The molecule has 1 saturated heterocycles. The fraction of sp³-hybridized carbons (Fsp3) is 0.900. The lowest BCUT2D eigenvalue weighted by Gasteiger charge is -2.35. The summed E-state index contributed by atoms with van der Waals surface area (Å²) >= 11 is 0. The lowest BCUT2D eigenvalue weighted by Crippen LogP contribution is -2.45. The number of nitrogens with zero attached hydrogens (tertiary/aromatic N) is 2. The Labute approximate surface area is 110 Å². The van der Waals surface area contributed by atoms with Crippen molar-refractivity contribution in [2.45, 2.75) is 25.3 Å². The van der Waals surface area contributed by atoms with Crippen molar-refractivity contribution in [3.63, 3.8) is 0 Å². The normalized spacial score (nSPS) is 21.1. The minimum Gasteiger partial charge on any atom is -0.481 e. The molecule has 0 saturated carbocycles. The van der Waals surface area contributed by atoms with Gasteiger partial charge in [0.05, 0.1) is 6.42 Å². The Bertz CT molecular complexity index is 203. The van der Waals surface area contributed by atoms with Gasteiger partial charge in [-0.2, -0.15) is 0 Å². The van der Waals surface area contributed by atoms with Gasteiger partial charge in [0.2, 0.25) is 0 Å². The van der Waals surface area contributed by atoms with Crippen LogP contribution < -0.4 is 0 Å². The molecule has 0 aromatic rings. The highest BCUT2D eigenvalue weighted by Crippen LogP contribution is 2.13. The summed E-state index contributed by atoms with van der Waals surface area (Å²) in [6.45, 7) is 2.76. The quantitative estimate of drug-likeness (QED) is 0.839. The van der Waals surface area contributed by atoms with Crippen LogP contribution in [-0.2, 0) is 4.79 Å². The van der Waals surface area contributed by atoms with Gasteiger partial charge in [-0.15, -0.1) is 24.8 Å². The molecule has 1 unspecified atom stereocenters. The van der Waals surface area contributed by atoms with Crippen molar-refractivity contribution in [1.82, 2.24) is 9.80 Å². The second-order valence-electron chi connectivity index (χ2n) is 4.20. The van der Waals surface area contributed by atoms with Crippen LogP contribution in [0.4, 0.5) is 0 Å². The predicted molar refractivity (Wildman–Crippen MR) is 69.9 cm³/mol. The fourth-order valence-corrected chi connectivity index (χ4v) is 1.91.